The summed E-state index contributed by atoms with van der Waals surface area (Å²) >= 11 is 0. The summed E-state index contributed by atoms with van der Waals surface area (Å²) in [6.45, 7) is 0. The molecule has 0 spiro atoms. The van der Waals surface area contributed by atoms with E-state index < -0.39 is 5.82 Å². The van der Waals surface area contributed by atoms with Crippen LogP contribution in [0.4, 0.5) is 4.39 Å². The lowest BCUT2D eigenvalue weighted by Gasteiger charge is -2.09. The summed E-state index contributed by atoms with van der Waals surface area (Å²) in [5, 5.41) is 0. The second kappa shape index (κ2) is 6.62. The Morgan fingerprint density at radius 1 is 0.833 bits per heavy atom. The van der Waals surface area contributed by atoms with E-state index in [4.69, 9.17) is 18.6 Å². The van der Waals surface area contributed by atoms with Crippen LogP contribution in [0.1, 0.15) is 0 Å². The third kappa shape index (κ3) is 2.78. The van der Waals surface area contributed by atoms with Gasteiger partial charge in [0.05, 0.1) is 21.3 Å². The van der Waals surface area contributed by atoms with Crippen molar-refractivity contribution in [3.63, 3.8) is 0 Å². The average molecular weight is 329 g/mol. The normalized spacial score (nSPS) is 10.5. The van der Waals surface area contributed by atoms with E-state index in [-0.39, 0.29) is 5.75 Å². The molecule has 1 heterocycles. The molecule has 0 saturated heterocycles. The van der Waals surface area contributed by atoms with Crippen molar-refractivity contribution in [2.24, 2.45) is 0 Å². The smallest absolute Gasteiger partial charge is 0.182 e. The van der Waals surface area contributed by atoms with Gasteiger partial charge in [-0.1, -0.05) is 0 Å². The van der Waals surface area contributed by atoms with Crippen molar-refractivity contribution in [2.45, 2.75) is 0 Å². The van der Waals surface area contributed by atoms with Crippen molar-refractivity contribution < 1.29 is 23.0 Å². The minimum Gasteiger partial charge on any atom is -0.494 e. The van der Waals surface area contributed by atoms with Crippen molar-refractivity contribution in [1.82, 2.24) is 4.98 Å². The molecule has 24 heavy (non-hydrogen) atoms. The van der Waals surface area contributed by atoms with E-state index in [2.05, 4.69) is 4.98 Å². The van der Waals surface area contributed by atoms with E-state index in [1.54, 1.807) is 38.5 Å². The van der Waals surface area contributed by atoms with E-state index >= 15 is 0 Å². The number of methoxy groups -OCH3 is 3. The number of ether oxygens (including phenoxy) is 3. The van der Waals surface area contributed by atoms with Crippen molar-refractivity contribution in [3.05, 3.63) is 48.6 Å². The Labute approximate surface area is 138 Å². The van der Waals surface area contributed by atoms with Crippen LogP contribution in [0, 0.1) is 5.82 Å². The number of oxazole rings is 1. The van der Waals surface area contributed by atoms with E-state index in [0.29, 0.717) is 28.5 Å². The highest BCUT2D eigenvalue weighted by molar-refractivity contribution is 5.78. The molecule has 0 radical (unpaired) electrons. The Kier molecular flexibility index (Phi) is 4.37. The van der Waals surface area contributed by atoms with Gasteiger partial charge >= 0.3 is 0 Å². The maximum atomic E-state index is 14.0. The van der Waals surface area contributed by atoms with Gasteiger partial charge in [-0.3, -0.25) is 0 Å². The number of halogens is 1. The lowest BCUT2D eigenvalue weighted by Crippen LogP contribution is -1.92. The lowest BCUT2D eigenvalue weighted by atomic mass is 10.0. The van der Waals surface area contributed by atoms with Crippen molar-refractivity contribution in [2.75, 3.05) is 21.3 Å². The highest BCUT2D eigenvalue weighted by Crippen LogP contribution is 2.37. The summed E-state index contributed by atoms with van der Waals surface area (Å²) < 4.78 is 35.0. The Morgan fingerprint density at radius 2 is 1.50 bits per heavy atom. The van der Waals surface area contributed by atoms with Crippen LogP contribution >= 0.6 is 0 Å². The van der Waals surface area contributed by atoms with Crippen LogP contribution in [0.5, 0.6) is 17.2 Å². The molecule has 2 aromatic carbocycles. The van der Waals surface area contributed by atoms with E-state index in [0.717, 1.165) is 5.56 Å². The fourth-order valence-corrected chi connectivity index (χ4v) is 2.45. The zero-order valence-corrected chi connectivity index (χ0v) is 13.5. The average Bonchev–Trinajstić information content (AvgIpc) is 3.10. The van der Waals surface area contributed by atoms with Gasteiger partial charge in [0.15, 0.2) is 35.2 Å². The predicted octanol–water partition coefficient (Wildman–Crippen LogP) is 4.17. The summed E-state index contributed by atoms with van der Waals surface area (Å²) in [6.07, 6.45) is 1.32. The molecule has 0 bridgehead atoms. The van der Waals surface area contributed by atoms with Crippen LogP contribution in [0.3, 0.4) is 0 Å². The summed E-state index contributed by atoms with van der Waals surface area (Å²) in [7, 11) is 4.54. The quantitative estimate of drug-likeness (QED) is 0.703. The molecule has 0 atom stereocenters. The molecule has 0 saturated carbocycles. The van der Waals surface area contributed by atoms with Gasteiger partial charge in [0.25, 0.3) is 0 Å². The van der Waals surface area contributed by atoms with Crippen LogP contribution in [0.2, 0.25) is 0 Å². The van der Waals surface area contributed by atoms with Gasteiger partial charge in [0.2, 0.25) is 0 Å². The Balaban J connectivity index is 2.06. The topological polar surface area (TPSA) is 53.7 Å². The van der Waals surface area contributed by atoms with Crippen LogP contribution < -0.4 is 14.2 Å². The maximum absolute atomic E-state index is 14.0. The summed E-state index contributed by atoms with van der Waals surface area (Å²) in [6, 6.07) is 10.0. The highest BCUT2D eigenvalue weighted by Gasteiger charge is 2.16. The van der Waals surface area contributed by atoms with Crippen LogP contribution in [0.15, 0.2) is 47.2 Å². The van der Waals surface area contributed by atoms with Gasteiger partial charge in [-0.15, -0.1) is 0 Å². The van der Waals surface area contributed by atoms with Gasteiger partial charge in [0, 0.05) is 11.1 Å². The first-order valence-corrected chi connectivity index (χ1v) is 7.17. The van der Waals surface area contributed by atoms with Gasteiger partial charge < -0.3 is 18.6 Å². The molecule has 3 rings (SSSR count). The SMILES string of the molecule is COc1ccc(-c2ncoc2-c2ccc(OC)c(OC)c2)cc1F. The van der Waals surface area contributed by atoms with Crippen LogP contribution in [-0.4, -0.2) is 26.3 Å². The fraction of sp³-hybridized carbons (Fsp3) is 0.167. The molecule has 0 unspecified atom stereocenters. The molecule has 0 N–H and O–H groups in total. The van der Waals surface area contributed by atoms with Crippen LogP contribution in [-0.2, 0) is 0 Å². The molecule has 0 aliphatic carbocycles. The third-order valence-corrected chi connectivity index (χ3v) is 3.64. The number of hydrogen-bond acceptors (Lipinski definition) is 5. The standard InChI is InChI=1S/C18H16FNO4/c1-21-14-6-4-11(8-13(14)19)17-18(24-10-20-17)12-5-7-15(22-2)16(9-12)23-3/h4-10H,1-3H3. The molecular formula is C18H16FNO4. The number of benzene rings is 2. The molecule has 5 nitrogen and oxygen atoms in total. The second-order valence-electron chi connectivity index (χ2n) is 4.95. The monoisotopic (exact) mass is 329 g/mol. The molecule has 0 aliphatic heterocycles. The zero-order valence-electron chi connectivity index (χ0n) is 13.5. The number of aromatic nitrogens is 1. The Morgan fingerprint density at radius 3 is 2.17 bits per heavy atom. The highest BCUT2D eigenvalue weighted by atomic mass is 19.1. The van der Waals surface area contributed by atoms with E-state index in [1.165, 1.54) is 19.6 Å². The first kappa shape index (κ1) is 15.9. The number of hydrogen-bond donors (Lipinski definition) is 0. The molecule has 0 amide bonds. The van der Waals surface area contributed by atoms with Gasteiger partial charge in [-0.05, 0) is 36.4 Å². The first-order valence-electron chi connectivity index (χ1n) is 7.17. The van der Waals surface area contributed by atoms with Crippen molar-refractivity contribution in [1.29, 1.82) is 0 Å². The maximum Gasteiger partial charge on any atom is 0.182 e. The molecule has 6 heteroatoms. The van der Waals surface area contributed by atoms with Gasteiger partial charge in [-0.2, -0.15) is 0 Å². The van der Waals surface area contributed by atoms with E-state index in [9.17, 15) is 4.39 Å². The van der Waals surface area contributed by atoms with Gasteiger partial charge in [-0.25, -0.2) is 9.37 Å². The molecular weight excluding hydrogens is 313 g/mol. The number of nitrogens with zero attached hydrogens (tertiary/aromatic N) is 1. The Hall–Kier alpha value is -3.02. The summed E-state index contributed by atoms with van der Waals surface area (Å²) in [4.78, 5) is 4.21. The Bertz CT molecular complexity index is 860. The molecule has 3 aromatic rings. The predicted molar refractivity (Wildman–Crippen MR) is 87.0 cm³/mol. The zero-order chi connectivity index (χ0) is 17.1. The van der Waals surface area contributed by atoms with E-state index in [1.807, 2.05) is 6.07 Å². The largest absolute Gasteiger partial charge is 0.494 e. The van der Waals surface area contributed by atoms with Crippen LogP contribution in [0.25, 0.3) is 22.6 Å². The van der Waals surface area contributed by atoms with Crippen molar-refractivity contribution >= 4 is 0 Å². The lowest BCUT2D eigenvalue weighted by molar-refractivity contribution is 0.355. The van der Waals surface area contributed by atoms with Crippen molar-refractivity contribution in [3.8, 4) is 39.8 Å². The second-order valence-corrected chi connectivity index (χ2v) is 4.95. The minimum absolute atomic E-state index is 0.176. The molecule has 1 aromatic heterocycles. The summed E-state index contributed by atoms with van der Waals surface area (Å²) in [5.41, 5.74) is 1.87. The summed E-state index contributed by atoms with van der Waals surface area (Å²) in [5.74, 6) is 1.41. The fourth-order valence-electron chi connectivity index (χ4n) is 2.45. The first-order chi connectivity index (χ1) is 11.7. The molecule has 0 aliphatic rings. The number of rotatable bonds is 5. The molecule has 124 valence electrons. The minimum atomic E-state index is -0.462. The van der Waals surface area contributed by atoms with Gasteiger partial charge in [0.1, 0.15) is 5.69 Å². The molecule has 0 fully saturated rings. The third-order valence-electron chi connectivity index (χ3n) is 3.64.